The van der Waals surface area contributed by atoms with Crippen LogP contribution in [0.2, 0.25) is 0 Å². The van der Waals surface area contributed by atoms with Gasteiger partial charge in [-0.25, -0.2) is 4.39 Å². The van der Waals surface area contributed by atoms with Gasteiger partial charge in [0.25, 0.3) is 0 Å². The fourth-order valence-electron chi connectivity index (χ4n) is 1.50. The van der Waals surface area contributed by atoms with Crippen LogP contribution in [0.3, 0.4) is 0 Å². The zero-order chi connectivity index (χ0) is 6.15. The first-order valence-electron chi connectivity index (χ1n) is 3.34. The largest absolute Gasteiger partial charge is 0.247 e. The summed E-state index contributed by atoms with van der Waals surface area (Å²) in [6.45, 7) is 4.12. The SMILES string of the molecule is C[C@H]1C[C@@H](C)[C@@H](F)C1. The topological polar surface area (TPSA) is 0 Å². The molecule has 1 aliphatic rings. The first kappa shape index (κ1) is 6.06. The highest BCUT2D eigenvalue weighted by atomic mass is 19.1. The van der Waals surface area contributed by atoms with E-state index in [2.05, 4.69) is 6.92 Å². The summed E-state index contributed by atoms with van der Waals surface area (Å²) in [5.41, 5.74) is 0. The normalized spacial score (nSPS) is 47.6. The molecule has 0 bridgehead atoms. The van der Waals surface area contributed by atoms with Crippen molar-refractivity contribution in [3.05, 3.63) is 0 Å². The second-order valence-corrected chi connectivity index (χ2v) is 3.07. The highest BCUT2D eigenvalue weighted by molar-refractivity contribution is 4.77. The number of hydrogen-bond acceptors (Lipinski definition) is 0. The van der Waals surface area contributed by atoms with E-state index in [0.717, 1.165) is 12.8 Å². The van der Waals surface area contributed by atoms with Gasteiger partial charge in [0, 0.05) is 0 Å². The van der Waals surface area contributed by atoms with Crippen molar-refractivity contribution in [3.63, 3.8) is 0 Å². The molecule has 8 heavy (non-hydrogen) atoms. The molecule has 0 nitrogen and oxygen atoms in total. The maximum atomic E-state index is 12.6. The van der Waals surface area contributed by atoms with Gasteiger partial charge in [0.05, 0.1) is 0 Å². The Kier molecular flexibility index (Phi) is 1.54. The first-order valence-corrected chi connectivity index (χ1v) is 3.34. The second-order valence-electron chi connectivity index (χ2n) is 3.07. The van der Waals surface area contributed by atoms with E-state index < -0.39 is 6.17 Å². The van der Waals surface area contributed by atoms with Gasteiger partial charge >= 0.3 is 0 Å². The smallest absolute Gasteiger partial charge is 0.103 e. The fraction of sp³-hybridized carbons (Fsp3) is 1.00. The fourth-order valence-corrected chi connectivity index (χ4v) is 1.50. The van der Waals surface area contributed by atoms with E-state index in [1.54, 1.807) is 0 Å². The molecule has 1 aliphatic carbocycles. The van der Waals surface area contributed by atoms with Crippen LogP contribution in [0.4, 0.5) is 4.39 Å². The summed E-state index contributed by atoms with van der Waals surface area (Å²) in [7, 11) is 0. The van der Waals surface area contributed by atoms with Crippen molar-refractivity contribution in [1.82, 2.24) is 0 Å². The molecule has 0 aromatic carbocycles. The van der Waals surface area contributed by atoms with Crippen molar-refractivity contribution in [2.24, 2.45) is 11.8 Å². The van der Waals surface area contributed by atoms with Crippen LogP contribution in [-0.2, 0) is 0 Å². The van der Waals surface area contributed by atoms with Gasteiger partial charge in [-0.3, -0.25) is 0 Å². The van der Waals surface area contributed by atoms with Crippen LogP contribution in [-0.4, -0.2) is 6.17 Å². The molecule has 0 amide bonds. The molecule has 48 valence electrons. The van der Waals surface area contributed by atoms with Gasteiger partial charge < -0.3 is 0 Å². The Morgan fingerprint density at radius 2 is 1.88 bits per heavy atom. The number of rotatable bonds is 0. The molecule has 0 aliphatic heterocycles. The van der Waals surface area contributed by atoms with Gasteiger partial charge in [0.15, 0.2) is 0 Å². The van der Waals surface area contributed by atoms with Crippen LogP contribution in [0.5, 0.6) is 0 Å². The summed E-state index contributed by atoms with van der Waals surface area (Å²) in [5, 5.41) is 0. The van der Waals surface area contributed by atoms with Gasteiger partial charge in [-0.05, 0) is 24.7 Å². The highest BCUT2D eigenvalue weighted by Crippen LogP contribution is 2.32. The first-order chi connectivity index (χ1) is 3.70. The van der Waals surface area contributed by atoms with Gasteiger partial charge in [-0.1, -0.05) is 13.8 Å². The molecule has 1 saturated carbocycles. The molecule has 0 unspecified atom stereocenters. The van der Waals surface area contributed by atoms with Crippen molar-refractivity contribution in [3.8, 4) is 0 Å². The third-order valence-electron chi connectivity index (χ3n) is 2.02. The van der Waals surface area contributed by atoms with Crippen LogP contribution in [0, 0.1) is 11.8 Å². The van der Waals surface area contributed by atoms with Crippen LogP contribution in [0.25, 0.3) is 0 Å². The number of hydrogen-bond donors (Lipinski definition) is 0. The Morgan fingerprint density at radius 3 is 2.00 bits per heavy atom. The summed E-state index contributed by atoms with van der Waals surface area (Å²) in [6, 6.07) is 0. The van der Waals surface area contributed by atoms with E-state index in [-0.39, 0.29) is 0 Å². The molecule has 3 atom stereocenters. The van der Waals surface area contributed by atoms with Crippen molar-refractivity contribution in [2.75, 3.05) is 0 Å². The molecule has 0 aromatic rings. The van der Waals surface area contributed by atoms with E-state index in [4.69, 9.17) is 0 Å². The maximum Gasteiger partial charge on any atom is 0.103 e. The predicted molar refractivity (Wildman–Crippen MR) is 32.5 cm³/mol. The maximum absolute atomic E-state index is 12.6. The molecule has 0 spiro atoms. The molecule has 1 heteroatoms. The van der Waals surface area contributed by atoms with Crippen LogP contribution in [0.15, 0.2) is 0 Å². The standard InChI is InChI=1S/C7H13F/c1-5-3-6(2)7(8)4-5/h5-7H,3-4H2,1-2H3/t5-,6+,7-/m0/s1. The Hall–Kier alpha value is -0.0700. The Bertz CT molecular complexity index is 70.5. The average Bonchev–Trinajstić information content (AvgIpc) is 1.85. The quantitative estimate of drug-likeness (QED) is 0.456. The van der Waals surface area contributed by atoms with Crippen molar-refractivity contribution in [2.45, 2.75) is 32.9 Å². The molecule has 1 fully saturated rings. The monoisotopic (exact) mass is 116 g/mol. The van der Waals surface area contributed by atoms with Gasteiger partial charge in [-0.2, -0.15) is 0 Å². The molecular weight excluding hydrogens is 103 g/mol. The number of alkyl halides is 1. The minimum absolute atomic E-state index is 0.324. The molecule has 0 radical (unpaired) electrons. The van der Waals surface area contributed by atoms with Crippen LogP contribution < -0.4 is 0 Å². The molecule has 0 N–H and O–H groups in total. The Morgan fingerprint density at radius 1 is 1.25 bits per heavy atom. The summed E-state index contributed by atoms with van der Waals surface area (Å²) >= 11 is 0. The van der Waals surface area contributed by atoms with Gasteiger partial charge in [0.1, 0.15) is 6.17 Å². The molecule has 0 saturated heterocycles. The summed E-state index contributed by atoms with van der Waals surface area (Å²) in [6.07, 6.45) is 1.37. The second kappa shape index (κ2) is 2.04. The Balaban J connectivity index is 2.39. The predicted octanol–water partition coefficient (Wildman–Crippen LogP) is 2.39. The van der Waals surface area contributed by atoms with Crippen LogP contribution >= 0.6 is 0 Å². The minimum atomic E-state index is -0.509. The van der Waals surface area contributed by atoms with Gasteiger partial charge in [-0.15, -0.1) is 0 Å². The average molecular weight is 116 g/mol. The van der Waals surface area contributed by atoms with E-state index >= 15 is 0 Å². The molecule has 0 aromatic heterocycles. The zero-order valence-electron chi connectivity index (χ0n) is 5.52. The van der Waals surface area contributed by atoms with Gasteiger partial charge in [0.2, 0.25) is 0 Å². The lowest BCUT2D eigenvalue weighted by Gasteiger charge is -2.00. The van der Waals surface area contributed by atoms with E-state index in [1.807, 2.05) is 6.92 Å². The summed E-state index contributed by atoms with van der Waals surface area (Å²) in [4.78, 5) is 0. The van der Waals surface area contributed by atoms with Crippen LogP contribution in [0.1, 0.15) is 26.7 Å². The third-order valence-corrected chi connectivity index (χ3v) is 2.02. The summed E-state index contributed by atoms with van der Waals surface area (Å²) < 4.78 is 12.6. The lowest BCUT2D eigenvalue weighted by atomic mass is 10.1. The molecular formula is C7H13F. The number of halogens is 1. The molecule has 0 heterocycles. The third kappa shape index (κ3) is 1.01. The zero-order valence-corrected chi connectivity index (χ0v) is 5.52. The minimum Gasteiger partial charge on any atom is -0.247 e. The van der Waals surface area contributed by atoms with Crippen molar-refractivity contribution >= 4 is 0 Å². The van der Waals surface area contributed by atoms with E-state index in [9.17, 15) is 4.39 Å². The van der Waals surface area contributed by atoms with Crippen molar-refractivity contribution < 1.29 is 4.39 Å². The van der Waals surface area contributed by atoms with E-state index in [0.29, 0.717) is 11.8 Å². The lowest BCUT2D eigenvalue weighted by molar-refractivity contribution is 0.276. The highest BCUT2D eigenvalue weighted by Gasteiger charge is 2.27. The molecule has 1 rings (SSSR count). The summed E-state index contributed by atoms with van der Waals surface area (Å²) in [5.74, 6) is 0.949. The van der Waals surface area contributed by atoms with Crippen molar-refractivity contribution in [1.29, 1.82) is 0 Å². The lowest BCUT2D eigenvalue weighted by Crippen LogP contribution is -2.01. The van der Waals surface area contributed by atoms with E-state index in [1.165, 1.54) is 0 Å². The Labute approximate surface area is 50.1 Å².